The molecule has 2 rings (SSSR count). The van der Waals surface area contributed by atoms with E-state index in [4.69, 9.17) is 5.73 Å². The van der Waals surface area contributed by atoms with Crippen LogP contribution in [0.3, 0.4) is 0 Å². The first kappa shape index (κ1) is 12.5. The minimum atomic E-state index is -0.499. The third-order valence-corrected chi connectivity index (χ3v) is 3.25. The van der Waals surface area contributed by atoms with Crippen LogP contribution in [-0.4, -0.2) is 16.1 Å². The first-order valence-electron chi connectivity index (χ1n) is 6.10. The molecule has 1 aromatic heterocycles. The average molecular weight is 250 g/mol. The smallest absolute Gasteiger partial charge is 0.329 e. The van der Waals surface area contributed by atoms with Crippen molar-refractivity contribution >= 4 is 11.5 Å². The molecule has 0 unspecified atom stereocenters. The molecule has 0 saturated heterocycles. The van der Waals surface area contributed by atoms with E-state index in [0.717, 1.165) is 19.3 Å². The molecule has 0 amide bonds. The second-order valence-electron chi connectivity index (χ2n) is 4.51. The molecule has 0 saturated carbocycles. The number of allylic oxidation sites excluding steroid dienone is 1. The van der Waals surface area contributed by atoms with Crippen LogP contribution in [0, 0.1) is 0 Å². The first-order chi connectivity index (χ1) is 8.59. The summed E-state index contributed by atoms with van der Waals surface area (Å²) in [6.45, 7) is 0.650. The van der Waals surface area contributed by atoms with Crippen molar-refractivity contribution in [2.75, 3.05) is 17.6 Å². The van der Waals surface area contributed by atoms with E-state index in [1.165, 1.54) is 23.6 Å². The fourth-order valence-electron chi connectivity index (χ4n) is 2.12. The Bertz CT molecular complexity index is 583. The highest BCUT2D eigenvalue weighted by Crippen LogP contribution is 2.20. The molecule has 0 fully saturated rings. The van der Waals surface area contributed by atoms with Crippen molar-refractivity contribution < 1.29 is 0 Å². The quantitative estimate of drug-likeness (QED) is 0.681. The number of nitrogens with two attached hydrogens (primary N) is 1. The van der Waals surface area contributed by atoms with Crippen LogP contribution < -0.4 is 22.3 Å². The number of hydrogen-bond acceptors (Lipinski definition) is 4. The lowest BCUT2D eigenvalue weighted by molar-refractivity contribution is 0.810. The van der Waals surface area contributed by atoms with Crippen LogP contribution in [0.1, 0.15) is 25.7 Å². The first-order valence-corrected chi connectivity index (χ1v) is 6.10. The zero-order chi connectivity index (χ0) is 13.1. The molecule has 6 nitrogen and oxygen atoms in total. The van der Waals surface area contributed by atoms with E-state index in [2.05, 4.69) is 16.4 Å². The number of hydrogen-bond donors (Lipinski definition) is 3. The van der Waals surface area contributed by atoms with Gasteiger partial charge in [-0.2, -0.15) is 0 Å². The van der Waals surface area contributed by atoms with Crippen LogP contribution in [0.2, 0.25) is 0 Å². The summed E-state index contributed by atoms with van der Waals surface area (Å²) in [5.74, 6) is 0.171. The minimum absolute atomic E-state index is 0.171. The van der Waals surface area contributed by atoms with Gasteiger partial charge in [0.2, 0.25) is 0 Å². The van der Waals surface area contributed by atoms with Crippen molar-refractivity contribution in [1.82, 2.24) is 9.55 Å². The van der Waals surface area contributed by atoms with E-state index >= 15 is 0 Å². The molecule has 18 heavy (non-hydrogen) atoms. The van der Waals surface area contributed by atoms with Gasteiger partial charge in [-0.15, -0.1) is 0 Å². The predicted molar refractivity (Wildman–Crippen MR) is 71.8 cm³/mol. The summed E-state index contributed by atoms with van der Waals surface area (Å²) in [5.41, 5.74) is 6.48. The number of aromatic nitrogens is 2. The number of nitrogen functional groups attached to an aromatic ring is 1. The third kappa shape index (κ3) is 2.47. The molecular formula is C12H18N4O2. The Hall–Kier alpha value is -1.98. The Morgan fingerprint density at radius 1 is 1.50 bits per heavy atom. The molecule has 98 valence electrons. The second-order valence-corrected chi connectivity index (χ2v) is 4.51. The van der Waals surface area contributed by atoms with Gasteiger partial charge in [0.25, 0.3) is 5.56 Å². The van der Waals surface area contributed by atoms with Crippen molar-refractivity contribution in [3.63, 3.8) is 0 Å². The van der Waals surface area contributed by atoms with Gasteiger partial charge in [0.1, 0.15) is 11.5 Å². The van der Waals surface area contributed by atoms with Gasteiger partial charge in [-0.25, -0.2) is 4.79 Å². The highest BCUT2D eigenvalue weighted by Gasteiger charge is 2.10. The van der Waals surface area contributed by atoms with E-state index in [1.54, 1.807) is 0 Å². The summed E-state index contributed by atoms with van der Waals surface area (Å²) < 4.78 is 1.22. The second kappa shape index (κ2) is 5.12. The van der Waals surface area contributed by atoms with Crippen molar-refractivity contribution in [1.29, 1.82) is 0 Å². The van der Waals surface area contributed by atoms with E-state index in [1.807, 2.05) is 0 Å². The zero-order valence-corrected chi connectivity index (χ0v) is 10.5. The maximum absolute atomic E-state index is 11.6. The lowest BCUT2D eigenvalue weighted by Gasteiger charge is -2.10. The number of nitrogens with zero attached hydrogens (tertiary/aromatic N) is 1. The van der Waals surface area contributed by atoms with Crippen molar-refractivity contribution in [2.45, 2.75) is 25.7 Å². The lowest BCUT2D eigenvalue weighted by atomic mass is 10.2. The summed E-state index contributed by atoms with van der Waals surface area (Å²) in [5, 5.41) is 3.01. The van der Waals surface area contributed by atoms with Crippen LogP contribution in [0.5, 0.6) is 0 Å². The molecule has 0 aromatic carbocycles. The maximum atomic E-state index is 11.6. The van der Waals surface area contributed by atoms with Crippen LogP contribution >= 0.6 is 0 Å². The fourth-order valence-corrected chi connectivity index (χ4v) is 2.12. The van der Waals surface area contributed by atoms with Gasteiger partial charge in [0.15, 0.2) is 0 Å². The summed E-state index contributed by atoms with van der Waals surface area (Å²) in [7, 11) is 1.53. The highest BCUT2D eigenvalue weighted by atomic mass is 16.2. The van der Waals surface area contributed by atoms with E-state index in [0.29, 0.717) is 6.54 Å². The molecule has 6 heteroatoms. The van der Waals surface area contributed by atoms with Gasteiger partial charge in [0, 0.05) is 13.6 Å². The lowest BCUT2D eigenvalue weighted by Crippen LogP contribution is -2.32. The number of anilines is 2. The normalized spacial score (nSPS) is 14.6. The highest BCUT2D eigenvalue weighted by molar-refractivity contribution is 5.60. The van der Waals surface area contributed by atoms with Gasteiger partial charge in [0.05, 0.1) is 0 Å². The van der Waals surface area contributed by atoms with Gasteiger partial charge in [-0.05, 0) is 25.7 Å². The fraction of sp³-hybridized carbons (Fsp3) is 0.500. The van der Waals surface area contributed by atoms with Crippen LogP contribution in [-0.2, 0) is 7.05 Å². The third-order valence-electron chi connectivity index (χ3n) is 3.25. The molecule has 1 heterocycles. The molecule has 0 atom stereocenters. The Morgan fingerprint density at radius 3 is 2.94 bits per heavy atom. The molecule has 1 aromatic rings. The van der Waals surface area contributed by atoms with Gasteiger partial charge in [-0.3, -0.25) is 14.3 Å². The molecule has 0 bridgehead atoms. The van der Waals surface area contributed by atoms with E-state index < -0.39 is 11.2 Å². The van der Waals surface area contributed by atoms with Crippen LogP contribution in [0.15, 0.2) is 21.2 Å². The SMILES string of the molecule is Cn1c(N)c(NCCC2=CCCC2)c(=O)[nH]c1=O. The topological polar surface area (TPSA) is 92.9 Å². The summed E-state index contributed by atoms with van der Waals surface area (Å²) in [4.78, 5) is 25.1. The molecular weight excluding hydrogens is 232 g/mol. The maximum Gasteiger partial charge on any atom is 0.329 e. The summed E-state index contributed by atoms with van der Waals surface area (Å²) in [6, 6.07) is 0. The minimum Gasteiger partial charge on any atom is -0.383 e. The van der Waals surface area contributed by atoms with E-state index in [9.17, 15) is 9.59 Å². The zero-order valence-electron chi connectivity index (χ0n) is 10.5. The molecule has 0 aliphatic heterocycles. The molecule has 0 spiro atoms. The Labute approximate surface area is 105 Å². The Morgan fingerprint density at radius 2 is 2.28 bits per heavy atom. The molecule has 0 radical (unpaired) electrons. The van der Waals surface area contributed by atoms with Crippen molar-refractivity contribution in [2.24, 2.45) is 7.05 Å². The molecule has 4 N–H and O–H groups in total. The average Bonchev–Trinajstić information content (AvgIpc) is 2.84. The number of H-pyrrole nitrogens is 1. The van der Waals surface area contributed by atoms with Crippen molar-refractivity contribution in [3.05, 3.63) is 32.5 Å². The van der Waals surface area contributed by atoms with Gasteiger partial charge < -0.3 is 11.1 Å². The largest absolute Gasteiger partial charge is 0.383 e. The van der Waals surface area contributed by atoms with Crippen molar-refractivity contribution in [3.8, 4) is 0 Å². The summed E-state index contributed by atoms with van der Waals surface area (Å²) in [6.07, 6.45) is 6.66. The van der Waals surface area contributed by atoms with Crippen LogP contribution in [0.4, 0.5) is 11.5 Å². The Balaban J connectivity index is 2.07. The standard InChI is InChI=1S/C12H18N4O2/c1-16-10(13)9(11(17)15-12(16)18)14-7-6-8-4-2-3-5-8/h4,14H,2-3,5-7,13H2,1H3,(H,15,17,18). The van der Waals surface area contributed by atoms with Gasteiger partial charge >= 0.3 is 5.69 Å². The summed E-state index contributed by atoms with van der Waals surface area (Å²) >= 11 is 0. The number of aromatic amines is 1. The van der Waals surface area contributed by atoms with E-state index in [-0.39, 0.29) is 11.5 Å². The predicted octanol–water partition coefficient (Wildman–Crippen LogP) is 0.568. The number of nitrogens with one attached hydrogen (secondary N) is 2. The Kier molecular flexibility index (Phi) is 3.55. The van der Waals surface area contributed by atoms with Gasteiger partial charge in [-0.1, -0.05) is 11.6 Å². The monoisotopic (exact) mass is 250 g/mol. The van der Waals surface area contributed by atoms with Crippen LogP contribution in [0.25, 0.3) is 0 Å². The molecule has 1 aliphatic carbocycles. The molecule has 1 aliphatic rings. The number of rotatable bonds is 4.